The zero-order valence-corrected chi connectivity index (χ0v) is 17.0. The number of hydrogen-bond acceptors (Lipinski definition) is 5. The molecule has 0 atom stereocenters. The summed E-state index contributed by atoms with van der Waals surface area (Å²) in [6, 6.07) is 10.8. The van der Waals surface area contributed by atoms with Crippen LogP contribution >= 0.6 is 11.6 Å². The highest BCUT2D eigenvalue weighted by atomic mass is 35.5. The summed E-state index contributed by atoms with van der Waals surface area (Å²) in [5, 5.41) is 14.5. The molecule has 8 heteroatoms. The Bertz CT molecular complexity index is 1030. The fraction of sp³-hybridized carbons (Fsp3) is 0.238. The molecule has 0 unspecified atom stereocenters. The van der Waals surface area contributed by atoms with Gasteiger partial charge in [-0.3, -0.25) is 24.6 Å². The van der Waals surface area contributed by atoms with Crippen LogP contribution in [-0.4, -0.2) is 28.2 Å². The quantitative estimate of drug-likeness (QED) is 0.430. The van der Waals surface area contributed by atoms with E-state index in [1.807, 2.05) is 26.8 Å². The summed E-state index contributed by atoms with van der Waals surface area (Å²) in [5.41, 5.74) is 2.11. The first-order valence-corrected chi connectivity index (χ1v) is 9.45. The van der Waals surface area contributed by atoms with E-state index < -0.39 is 16.7 Å². The van der Waals surface area contributed by atoms with Gasteiger partial charge in [0.15, 0.2) is 0 Å². The highest BCUT2D eigenvalue weighted by Gasteiger charge is 2.39. The molecule has 0 fully saturated rings. The molecule has 0 saturated heterocycles. The Hall–Kier alpha value is -3.19. The standard InChI is InChI=1S/C21H20ClN3O4/c1-12(2)11-24-20(26)18(14-5-8-16(9-6-14)25(28)29)19(21(24)27)23-15-7-4-13(3)17(22)10-15/h4-10,12,23H,11H2,1-3H3. The summed E-state index contributed by atoms with van der Waals surface area (Å²) in [4.78, 5) is 37.7. The number of amides is 2. The van der Waals surface area contributed by atoms with E-state index in [2.05, 4.69) is 5.32 Å². The first-order valence-electron chi connectivity index (χ1n) is 9.07. The molecule has 0 bridgehead atoms. The Labute approximate surface area is 173 Å². The van der Waals surface area contributed by atoms with Gasteiger partial charge in [-0.1, -0.05) is 31.5 Å². The molecule has 150 valence electrons. The van der Waals surface area contributed by atoms with Crippen molar-refractivity contribution in [3.8, 4) is 0 Å². The van der Waals surface area contributed by atoms with Crippen molar-refractivity contribution in [3.63, 3.8) is 0 Å². The van der Waals surface area contributed by atoms with Crippen LogP contribution in [0, 0.1) is 23.0 Å². The highest BCUT2D eigenvalue weighted by molar-refractivity contribution is 6.36. The van der Waals surface area contributed by atoms with Crippen molar-refractivity contribution in [2.75, 3.05) is 11.9 Å². The minimum atomic E-state index is -0.516. The molecule has 0 saturated carbocycles. The Balaban J connectivity index is 2.07. The van der Waals surface area contributed by atoms with Crippen molar-refractivity contribution >= 4 is 40.4 Å². The van der Waals surface area contributed by atoms with Gasteiger partial charge in [0.1, 0.15) is 5.70 Å². The zero-order valence-electron chi connectivity index (χ0n) is 16.2. The largest absolute Gasteiger partial charge is 0.350 e. The molecule has 2 aromatic rings. The maximum absolute atomic E-state index is 13.0. The van der Waals surface area contributed by atoms with Gasteiger partial charge < -0.3 is 5.32 Å². The van der Waals surface area contributed by atoms with Crippen LogP contribution in [0.25, 0.3) is 5.57 Å². The van der Waals surface area contributed by atoms with Crippen molar-refractivity contribution in [2.45, 2.75) is 20.8 Å². The number of carbonyl (C=O) groups is 2. The SMILES string of the molecule is Cc1ccc(NC2=C(c3ccc([N+](=O)[O-])cc3)C(=O)N(CC(C)C)C2=O)cc1Cl. The summed E-state index contributed by atoms with van der Waals surface area (Å²) in [5.74, 6) is -0.777. The minimum Gasteiger partial charge on any atom is -0.350 e. The van der Waals surface area contributed by atoms with Gasteiger partial charge >= 0.3 is 0 Å². The van der Waals surface area contributed by atoms with Crippen molar-refractivity contribution in [1.29, 1.82) is 0 Å². The molecule has 2 aromatic carbocycles. The van der Waals surface area contributed by atoms with E-state index in [1.165, 1.54) is 29.2 Å². The number of nitro groups is 1. The average molecular weight is 414 g/mol. The fourth-order valence-corrected chi connectivity index (χ4v) is 3.24. The van der Waals surface area contributed by atoms with Crippen LogP contribution in [0.3, 0.4) is 0 Å². The van der Waals surface area contributed by atoms with Crippen LogP contribution < -0.4 is 5.32 Å². The average Bonchev–Trinajstić information content (AvgIpc) is 2.89. The van der Waals surface area contributed by atoms with Crippen LogP contribution in [0.15, 0.2) is 48.2 Å². The number of nitrogens with one attached hydrogen (secondary N) is 1. The molecule has 0 aliphatic carbocycles. The maximum Gasteiger partial charge on any atom is 0.278 e. The number of nitrogens with zero attached hydrogens (tertiary/aromatic N) is 2. The third kappa shape index (κ3) is 4.14. The molecule has 3 rings (SSSR count). The number of aryl methyl sites for hydroxylation is 1. The number of rotatable bonds is 6. The summed E-state index contributed by atoms with van der Waals surface area (Å²) in [7, 11) is 0. The monoisotopic (exact) mass is 413 g/mol. The number of hydrogen-bond donors (Lipinski definition) is 1. The molecule has 0 spiro atoms. The Morgan fingerprint density at radius 1 is 1.10 bits per heavy atom. The van der Waals surface area contributed by atoms with E-state index in [1.54, 1.807) is 12.1 Å². The lowest BCUT2D eigenvalue weighted by Crippen LogP contribution is -2.35. The van der Waals surface area contributed by atoms with Crippen LogP contribution in [0.4, 0.5) is 11.4 Å². The molecule has 1 heterocycles. The third-order valence-electron chi connectivity index (χ3n) is 4.52. The van der Waals surface area contributed by atoms with E-state index in [9.17, 15) is 19.7 Å². The van der Waals surface area contributed by atoms with Gasteiger partial charge in [0.05, 0.1) is 10.5 Å². The fourth-order valence-electron chi connectivity index (χ4n) is 3.06. The number of carbonyl (C=O) groups excluding carboxylic acids is 2. The van der Waals surface area contributed by atoms with Crippen LogP contribution in [-0.2, 0) is 9.59 Å². The number of imide groups is 1. The second-order valence-electron chi connectivity index (χ2n) is 7.26. The van der Waals surface area contributed by atoms with Gasteiger partial charge in [-0.2, -0.15) is 0 Å². The number of halogens is 1. The van der Waals surface area contributed by atoms with Crippen molar-refractivity contribution in [2.24, 2.45) is 5.92 Å². The van der Waals surface area contributed by atoms with Gasteiger partial charge in [0.2, 0.25) is 0 Å². The third-order valence-corrected chi connectivity index (χ3v) is 4.93. The molecule has 2 amide bonds. The molecule has 1 N–H and O–H groups in total. The highest BCUT2D eigenvalue weighted by Crippen LogP contribution is 2.32. The van der Waals surface area contributed by atoms with Gasteiger partial charge in [-0.25, -0.2) is 0 Å². The summed E-state index contributed by atoms with van der Waals surface area (Å²) < 4.78 is 0. The lowest BCUT2D eigenvalue weighted by molar-refractivity contribution is -0.384. The predicted octanol–water partition coefficient (Wildman–Crippen LogP) is 4.40. The molecule has 29 heavy (non-hydrogen) atoms. The minimum absolute atomic E-state index is 0.0918. The summed E-state index contributed by atoms with van der Waals surface area (Å²) >= 11 is 6.18. The smallest absolute Gasteiger partial charge is 0.278 e. The topological polar surface area (TPSA) is 92.6 Å². The molecular formula is C21H20ClN3O4. The van der Waals surface area contributed by atoms with E-state index in [0.717, 1.165) is 5.56 Å². The second kappa shape index (κ2) is 8.05. The number of benzene rings is 2. The van der Waals surface area contributed by atoms with Crippen molar-refractivity contribution in [1.82, 2.24) is 4.90 Å². The molecule has 7 nitrogen and oxygen atoms in total. The van der Waals surface area contributed by atoms with Gasteiger partial charge in [0.25, 0.3) is 17.5 Å². The van der Waals surface area contributed by atoms with Crippen LogP contribution in [0.2, 0.25) is 5.02 Å². The Kier molecular flexibility index (Phi) is 5.70. The van der Waals surface area contributed by atoms with E-state index >= 15 is 0 Å². The van der Waals surface area contributed by atoms with Crippen molar-refractivity contribution < 1.29 is 14.5 Å². The lowest BCUT2D eigenvalue weighted by Gasteiger charge is -2.17. The number of non-ortho nitro benzene ring substituents is 1. The number of nitro benzene ring substituents is 1. The summed E-state index contributed by atoms with van der Waals surface area (Å²) in [6.07, 6.45) is 0. The summed E-state index contributed by atoms with van der Waals surface area (Å²) in [6.45, 7) is 5.96. The van der Waals surface area contributed by atoms with E-state index in [4.69, 9.17) is 11.6 Å². The maximum atomic E-state index is 13.0. The first-order chi connectivity index (χ1) is 13.7. The first kappa shape index (κ1) is 20.5. The molecule has 1 aliphatic heterocycles. The van der Waals surface area contributed by atoms with Crippen LogP contribution in [0.1, 0.15) is 25.0 Å². The van der Waals surface area contributed by atoms with Gasteiger partial charge in [-0.15, -0.1) is 0 Å². The van der Waals surface area contributed by atoms with E-state index in [-0.39, 0.29) is 29.4 Å². The Morgan fingerprint density at radius 2 is 1.76 bits per heavy atom. The molecular weight excluding hydrogens is 394 g/mol. The normalized spacial score (nSPS) is 14.2. The van der Waals surface area contributed by atoms with Gasteiger partial charge in [-0.05, 0) is 48.2 Å². The van der Waals surface area contributed by atoms with E-state index in [0.29, 0.717) is 16.3 Å². The Morgan fingerprint density at radius 3 is 2.31 bits per heavy atom. The van der Waals surface area contributed by atoms with Crippen molar-refractivity contribution in [3.05, 3.63) is 74.4 Å². The van der Waals surface area contributed by atoms with Crippen LogP contribution in [0.5, 0.6) is 0 Å². The molecule has 0 radical (unpaired) electrons. The lowest BCUT2D eigenvalue weighted by atomic mass is 10.0. The predicted molar refractivity (Wildman–Crippen MR) is 111 cm³/mol. The molecule has 0 aromatic heterocycles. The van der Waals surface area contributed by atoms with Gasteiger partial charge in [0, 0.05) is 29.4 Å². The second-order valence-corrected chi connectivity index (χ2v) is 7.66. The number of anilines is 1. The zero-order chi connectivity index (χ0) is 21.3. The molecule has 1 aliphatic rings.